The second-order valence-electron chi connectivity index (χ2n) is 4.08. The van der Waals surface area contributed by atoms with E-state index < -0.39 is 0 Å². The van der Waals surface area contributed by atoms with E-state index in [0.29, 0.717) is 6.54 Å². The second kappa shape index (κ2) is 7.27. The molecule has 0 aliphatic rings. The van der Waals surface area contributed by atoms with Crippen LogP contribution >= 0.6 is 0 Å². The van der Waals surface area contributed by atoms with Gasteiger partial charge in [-0.3, -0.25) is 0 Å². The van der Waals surface area contributed by atoms with Gasteiger partial charge in [-0.25, -0.2) is 0 Å². The van der Waals surface area contributed by atoms with Crippen molar-refractivity contribution in [3.8, 4) is 0 Å². The van der Waals surface area contributed by atoms with Crippen LogP contribution in [0, 0.1) is 6.92 Å². The molecule has 0 saturated heterocycles. The number of nitrogens with one attached hydrogen (secondary N) is 1. The first-order chi connectivity index (χ1) is 8.19. The van der Waals surface area contributed by atoms with Crippen molar-refractivity contribution in [3.05, 3.63) is 29.8 Å². The molecule has 1 rings (SSSR count). The lowest BCUT2D eigenvalue weighted by atomic mass is 10.1. The smallest absolute Gasteiger partial charge is 0.158 e. The van der Waals surface area contributed by atoms with Crippen molar-refractivity contribution in [1.82, 2.24) is 0 Å². The molecule has 0 bridgehead atoms. The molecule has 1 atom stereocenters. The van der Waals surface area contributed by atoms with Crippen LogP contribution in [-0.2, 0) is 9.47 Å². The quantitative estimate of drug-likeness (QED) is 0.710. The molecule has 0 spiro atoms. The third-order valence-electron chi connectivity index (χ3n) is 2.71. The van der Waals surface area contributed by atoms with Crippen LogP contribution in [0.3, 0.4) is 0 Å². The van der Waals surface area contributed by atoms with Crippen LogP contribution in [-0.4, -0.2) is 33.1 Å². The third-order valence-corrected chi connectivity index (χ3v) is 2.71. The van der Waals surface area contributed by atoms with Crippen molar-refractivity contribution in [3.63, 3.8) is 0 Å². The van der Waals surface area contributed by atoms with E-state index in [1.54, 1.807) is 14.2 Å². The van der Waals surface area contributed by atoms with Crippen molar-refractivity contribution in [2.45, 2.75) is 25.7 Å². The van der Waals surface area contributed by atoms with Crippen LogP contribution in [0.2, 0.25) is 0 Å². The lowest BCUT2D eigenvalue weighted by molar-refractivity contribution is -0.107. The maximum Gasteiger partial charge on any atom is 0.158 e. The van der Waals surface area contributed by atoms with E-state index in [-0.39, 0.29) is 12.3 Å². The molecular formula is C13H22N2O2. The van der Waals surface area contributed by atoms with Gasteiger partial charge in [0.2, 0.25) is 0 Å². The van der Waals surface area contributed by atoms with Gasteiger partial charge in [0, 0.05) is 38.9 Å². The summed E-state index contributed by atoms with van der Waals surface area (Å²) in [5.41, 5.74) is 8.04. The van der Waals surface area contributed by atoms with Gasteiger partial charge in [-0.15, -0.1) is 0 Å². The Hall–Kier alpha value is -1.10. The van der Waals surface area contributed by atoms with Crippen molar-refractivity contribution in [2.75, 3.05) is 26.1 Å². The number of hydrogen-bond acceptors (Lipinski definition) is 4. The molecule has 0 amide bonds. The lowest BCUT2D eigenvalue weighted by Gasteiger charge is -2.22. The van der Waals surface area contributed by atoms with Crippen molar-refractivity contribution in [2.24, 2.45) is 5.73 Å². The Bertz CT molecular complexity index is 310. The summed E-state index contributed by atoms with van der Waals surface area (Å²) in [6.07, 6.45) is 0.499. The monoisotopic (exact) mass is 238 g/mol. The molecular weight excluding hydrogens is 216 g/mol. The summed E-state index contributed by atoms with van der Waals surface area (Å²) >= 11 is 0. The Kier molecular flexibility index (Phi) is 5.97. The number of rotatable bonds is 7. The van der Waals surface area contributed by atoms with Gasteiger partial charge in [0.1, 0.15) is 0 Å². The van der Waals surface area contributed by atoms with E-state index in [0.717, 1.165) is 12.1 Å². The maximum absolute atomic E-state index is 5.73. The summed E-state index contributed by atoms with van der Waals surface area (Å²) in [5.74, 6) is 0. The predicted octanol–water partition coefficient (Wildman–Crippen LogP) is 1.74. The standard InChI is InChI=1S/C13H22N2O2/c1-10-4-6-11(7-5-10)15-12(9-14)8-13(16-2)17-3/h4-7,12-13,15H,8-9,14H2,1-3H3. The van der Waals surface area contributed by atoms with Crippen molar-refractivity contribution < 1.29 is 9.47 Å². The van der Waals surface area contributed by atoms with Crippen LogP contribution in [0.25, 0.3) is 0 Å². The van der Waals surface area contributed by atoms with Gasteiger partial charge in [-0.1, -0.05) is 17.7 Å². The predicted molar refractivity (Wildman–Crippen MR) is 70.1 cm³/mol. The SMILES string of the molecule is COC(CC(CN)Nc1ccc(C)cc1)OC. The minimum atomic E-state index is -0.221. The molecule has 0 radical (unpaired) electrons. The fourth-order valence-corrected chi connectivity index (χ4v) is 1.62. The Labute approximate surface area is 103 Å². The zero-order chi connectivity index (χ0) is 12.7. The molecule has 96 valence electrons. The highest BCUT2D eigenvalue weighted by atomic mass is 16.7. The number of hydrogen-bond donors (Lipinski definition) is 2. The summed E-state index contributed by atoms with van der Waals surface area (Å²) < 4.78 is 10.3. The molecule has 4 nitrogen and oxygen atoms in total. The summed E-state index contributed by atoms with van der Waals surface area (Å²) in [6, 6.07) is 8.38. The van der Waals surface area contributed by atoms with Gasteiger partial charge in [0.05, 0.1) is 0 Å². The van der Waals surface area contributed by atoms with Crippen LogP contribution in [0.5, 0.6) is 0 Å². The van der Waals surface area contributed by atoms with Crippen LogP contribution < -0.4 is 11.1 Å². The zero-order valence-electron chi connectivity index (χ0n) is 10.8. The lowest BCUT2D eigenvalue weighted by Crippen LogP contribution is -2.34. The highest BCUT2D eigenvalue weighted by molar-refractivity contribution is 5.45. The number of nitrogens with two attached hydrogens (primary N) is 1. The van der Waals surface area contributed by atoms with Gasteiger partial charge in [-0.2, -0.15) is 0 Å². The van der Waals surface area contributed by atoms with E-state index in [4.69, 9.17) is 15.2 Å². The Morgan fingerprint density at radius 3 is 2.24 bits per heavy atom. The topological polar surface area (TPSA) is 56.5 Å². The minimum Gasteiger partial charge on any atom is -0.381 e. The zero-order valence-corrected chi connectivity index (χ0v) is 10.8. The summed E-state index contributed by atoms with van der Waals surface area (Å²) in [5, 5.41) is 3.37. The van der Waals surface area contributed by atoms with Crippen molar-refractivity contribution >= 4 is 5.69 Å². The molecule has 0 aliphatic carbocycles. The minimum absolute atomic E-state index is 0.141. The Morgan fingerprint density at radius 1 is 1.18 bits per heavy atom. The first-order valence-corrected chi connectivity index (χ1v) is 5.78. The summed E-state index contributed by atoms with van der Waals surface area (Å²) in [6.45, 7) is 2.60. The number of benzene rings is 1. The normalized spacial score (nSPS) is 12.8. The maximum atomic E-state index is 5.73. The summed E-state index contributed by atoms with van der Waals surface area (Å²) in [4.78, 5) is 0. The molecule has 0 aliphatic heterocycles. The first kappa shape index (κ1) is 14.0. The molecule has 17 heavy (non-hydrogen) atoms. The van der Waals surface area contributed by atoms with Gasteiger partial charge in [0.15, 0.2) is 6.29 Å². The Balaban J connectivity index is 2.54. The van der Waals surface area contributed by atoms with E-state index in [1.165, 1.54) is 5.56 Å². The largest absolute Gasteiger partial charge is 0.381 e. The second-order valence-corrected chi connectivity index (χ2v) is 4.08. The third kappa shape index (κ3) is 4.73. The molecule has 1 aromatic carbocycles. The van der Waals surface area contributed by atoms with Gasteiger partial charge in [0.25, 0.3) is 0 Å². The first-order valence-electron chi connectivity index (χ1n) is 5.78. The molecule has 4 heteroatoms. The fraction of sp³-hybridized carbons (Fsp3) is 0.538. The van der Waals surface area contributed by atoms with E-state index >= 15 is 0 Å². The van der Waals surface area contributed by atoms with Crippen LogP contribution in [0.1, 0.15) is 12.0 Å². The van der Waals surface area contributed by atoms with Crippen LogP contribution in [0.4, 0.5) is 5.69 Å². The number of anilines is 1. The molecule has 0 heterocycles. The van der Waals surface area contributed by atoms with E-state index in [1.807, 2.05) is 12.1 Å². The Morgan fingerprint density at radius 2 is 1.76 bits per heavy atom. The molecule has 1 aromatic rings. The van der Waals surface area contributed by atoms with E-state index in [2.05, 4.69) is 24.4 Å². The average molecular weight is 238 g/mol. The van der Waals surface area contributed by atoms with Crippen molar-refractivity contribution in [1.29, 1.82) is 0 Å². The van der Waals surface area contributed by atoms with Gasteiger partial charge < -0.3 is 20.5 Å². The van der Waals surface area contributed by atoms with Gasteiger partial charge in [-0.05, 0) is 19.1 Å². The number of methoxy groups -OCH3 is 2. The fourth-order valence-electron chi connectivity index (χ4n) is 1.62. The highest BCUT2D eigenvalue weighted by Crippen LogP contribution is 2.12. The van der Waals surface area contributed by atoms with E-state index in [9.17, 15) is 0 Å². The molecule has 1 unspecified atom stereocenters. The molecule has 0 fully saturated rings. The van der Waals surface area contributed by atoms with Gasteiger partial charge >= 0.3 is 0 Å². The summed E-state index contributed by atoms with van der Waals surface area (Å²) in [7, 11) is 3.27. The number of aryl methyl sites for hydroxylation is 1. The highest BCUT2D eigenvalue weighted by Gasteiger charge is 2.14. The molecule has 3 N–H and O–H groups in total. The van der Waals surface area contributed by atoms with Crippen LogP contribution in [0.15, 0.2) is 24.3 Å². The molecule has 0 aromatic heterocycles. The number of ether oxygens (including phenoxy) is 2. The molecule has 0 saturated carbocycles. The average Bonchev–Trinajstić information content (AvgIpc) is 2.37.